The van der Waals surface area contributed by atoms with Crippen LogP contribution >= 0.6 is 0 Å². The zero-order chi connectivity index (χ0) is 14.7. The maximum Gasteiger partial charge on any atom is 0.220 e. The first-order chi connectivity index (χ1) is 10.3. The van der Waals surface area contributed by atoms with E-state index in [0.717, 1.165) is 50.5 Å². The zero-order valence-electron chi connectivity index (χ0n) is 12.5. The van der Waals surface area contributed by atoms with E-state index in [0.29, 0.717) is 12.3 Å². The van der Waals surface area contributed by atoms with Crippen LogP contribution in [0.15, 0.2) is 12.4 Å². The van der Waals surface area contributed by atoms with E-state index in [-0.39, 0.29) is 11.9 Å². The molecule has 0 saturated carbocycles. The van der Waals surface area contributed by atoms with Crippen LogP contribution in [-0.4, -0.2) is 41.6 Å². The molecule has 21 heavy (non-hydrogen) atoms. The van der Waals surface area contributed by atoms with Crippen molar-refractivity contribution in [1.82, 2.24) is 15.3 Å². The fourth-order valence-electron chi connectivity index (χ4n) is 3.19. The molecule has 6 nitrogen and oxygen atoms in total. The summed E-state index contributed by atoms with van der Waals surface area (Å²) in [6.07, 6.45) is 5.46. The Morgan fingerprint density at radius 2 is 2.33 bits per heavy atom. The Hall–Kier alpha value is -1.85. The van der Waals surface area contributed by atoms with Gasteiger partial charge in [-0.1, -0.05) is 6.92 Å². The number of nitrogens with zero attached hydrogens (tertiary/aromatic N) is 3. The lowest BCUT2D eigenvalue weighted by Gasteiger charge is -2.18. The number of aromatic nitrogens is 2. The molecule has 1 amide bonds. The summed E-state index contributed by atoms with van der Waals surface area (Å²) in [5.41, 5.74) is 0. The van der Waals surface area contributed by atoms with E-state index in [4.69, 9.17) is 0 Å². The van der Waals surface area contributed by atoms with Gasteiger partial charge in [-0.15, -0.1) is 0 Å². The van der Waals surface area contributed by atoms with Crippen LogP contribution in [0.1, 0.15) is 32.6 Å². The van der Waals surface area contributed by atoms with Crippen LogP contribution in [-0.2, 0) is 4.79 Å². The molecule has 3 heterocycles. The number of amides is 1. The van der Waals surface area contributed by atoms with Crippen LogP contribution in [0, 0.1) is 5.92 Å². The zero-order valence-corrected chi connectivity index (χ0v) is 12.5. The van der Waals surface area contributed by atoms with Gasteiger partial charge in [0.05, 0.1) is 6.04 Å². The van der Waals surface area contributed by atoms with Crippen LogP contribution in [0.5, 0.6) is 0 Å². The lowest BCUT2D eigenvalue weighted by Crippen LogP contribution is -2.38. The van der Waals surface area contributed by atoms with Crippen molar-refractivity contribution in [2.75, 3.05) is 29.9 Å². The van der Waals surface area contributed by atoms with Gasteiger partial charge in [-0.3, -0.25) is 4.79 Å². The molecule has 2 N–H and O–H groups in total. The molecule has 0 aliphatic carbocycles. The van der Waals surface area contributed by atoms with Crippen molar-refractivity contribution in [2.45, 2.75) is 38.6 Å². The highest BCUT2D eigenvalue weighted by Gasteiger charge is 2.35. The van der Waals surface area contributed by atoms with Crippen LogP contribution in [0.25, 0.3) is 0 Å². The monoisotopic (exact) mass is 289 g/mol. The second-order valence-electron chi connectivity index (χ2n) is 5.92. The third-order valence-corrected chi connectivity index (χ3v) is 4.30. The van der Waals surface area contributed by atoms with E-state index in [2.05, 4.69) is 32.4 Å². The fraction of sp³-hybridized carbons (Fsp3) is 0.667. The van der Waals surface area contributed by atoms with Crippen molar-refractivity contribution in [1.29, 1.82) is 0 Å². The molecule has 2 aliphatic rings. The molecule has 2 fully saturated rings. The summed E-state index contributed by atoms with van der Waals surface area (Å²) in [5, 5.41) is 6.44. The van der Waals surface area contributed by atoms with Crippen LogP contribution in [0.4, 0.5) is 11.6 Å². The number of carbonyl (C=O) groups excluding carboxylic acids is 1. The number of fused-ring (bicyclic) bond motifs is 1. The number of rotatable bonds is 4. The van der Waals surface area contributed by atoms with Crippen molar-refractivity contribution in [3.8, 4) is 0 Å². The van der Waals surface area contributed by atoms with Gasteiger partial charge in [-0.2, -0.15) is 0 Å². The molecule has 0 radical (unpaired) electrons. The Balaban J connectivity index is 1.69. The highest BCUT2D eigenvalue weighted by molar-refractivity contribution is 5.76. The molecule has 0 bridgehead atoms. The predicted molar refractivity (Wildman–Crippen MR) is 82.3 cm³/mol. The molecule has 1 aromatic rings. The molecule has 1 aromatic heterocycles. The average Bonchev–Trinajstić information content (AvgIpc) is 2.80. The summed E-state index contributed by atoms with van der Waals surface area (Å²) in [5.74, 6) is 2.56. The highest BCUT2D eigenvalue weighted by Crippen LogP contribution is 2.28. The van der Waals surface area contributed by atoms with E-state index < -0.39 is 0 Å². The molecule has 6 heteroatoms. The minimum Gasteiger partial charge on any atom is -0.370 e. The van der Waals surface area contributed by atoms with E-state index in [1.165, 1.54) is 0 Å². The summed E-state index contributed by atoms with van der Waals surface area (Å²) >= 11 is 0. The normalized spacial score (nSPS) is 25.2. The summed E-state index contributed by atoms with van der Waals surface area (Å²) in [6, 6.07) is 2.27. The van der Waals surface area contributed by atoms with Crippen molar-refractivity contribution < 1.29 is 4.79 Å². The Morgan fingerprint density at radius 3 is 3.19 bits per heavy atom. The third-order valence-electron chi connectivity index (χ3n) is 4.30. The molecular weight excluding hydrogens is 266 g/mol. The first-order valence-electron chi connectivity index (χ1n) is 7.86. The molecule has 0 spiro atoms. The largest absolute Gasteiger partial charge is 0.370 e. The molecule has 2 unspecified atom stereocenters. The fourth-order valence-corrected chi connectivity index (χ4v) is 3.19. The van der Waals surface area contributed by atoms with Gasteiger partial charge in [-0.05, 0) is 25.2 Å². The smallest absolute Gasteiger partial charge is 0.220 e. The van der Waals surface area contributed by atoms with Crippen LogP contribution in [0.3, 0.4) is 0 Å². The number of hydrogen-bond acceptors (Lipinski definition) is 5. The van der Waals surface area contributed by atoms with Crippen molar-refractivity contribution >= 4 is 17.5 Å². The first kappa shape index (κ1) is 14.1. The predicted octanol–water partition coefficient (Wildman–Crippen LogP) is 1.40. The van der Waals surface area contributed by atoms with Gasteiger partial charge in [0.15, 0.2) is 0 Å². The summed E-state index contributed by atoms with van der Waals surface area (Å²) in [4.78, 5) is 22.6. The quantitative estimate of drug-likeness (QED) is 0.877. The molecule has 3 rings (SSSR count). The van der Waals surface area contributed by atoms with E-state index >= 15 is 0 Å². The van der Waals surface area contributed by atoms with Gasteiger partial charge in [0, 0.05) is 32.1 Å². The number of carbonyl (C=O) groups is 1. The number of hydrogen-bond donors (Lipinski definition) is 2. The van der Waals surface area contributed by atoms with Crippen LogP contribution in [0.2, 0.25) is 0 Å². The number of anilines is 2. The molecule has 2 aliphatic heterocycles. The minimum atomic E-state index is 0.192. The van der Waals surface area contributed by atoms with E-state index in [1.807, 2.05) is 6.07 Å². The lowest BCUT2D eigenvalue weighted by atomic mass is 9.99. The topological polar surface area (TPSA) is 70.2 Å². The summed E-state index contributed by atoms with van der Waals surface area (Å²) in [7, 11) is 0. The van der Waals surface area contributed by atoms with Gasteiger partial charge < -0.3 is 15.5 Å². The standard InChI is InChI=1S/C15H23N5O/c1-2-6-16-13-7-14(18-10-17-13)20-8-11-4-3-5-15(21)19-12(11)9-20/h7,10-12H,2-6,8-9H2,1H3,(H,19,21)(H,16,17,18). The van der Waals surface area contributed by atoms with Crippen molar-refractivity contribution in [2.24, 2.45) is 5.92 Å². The second-order valence-corrected chi connectivity index (χ2v) is 5.92. The summed E-state index contributed by atoms with van der Waals surface area (Å²) < 4.78 is 0. The minimum absolute atomic E-state index is 0.192. The molecule has 2 saturated heterocycles. The first-order valence-corrected chi connectivity index (χ1v) is 7.86. The summed E-state index contributed by atoms with van der Waals surface area (Å²) in [6.45, 7) is 4.86. The Kier molecular flexibility index (Phi) is 4.22. The molecule has 2 atom stereocenters. The Labute approximate surface area is 125 Å². The lowest BCUT2D eigenvalue weighted by molar-refractivity contribution is -0.121. The maximum atomic E-state index is 11.7. The highest BCUT2D eigenvalue weighted by atomic mass is 16.1. The second kappa shape index (κ2) is 6.28. The SMILES string of the molecule is CCCNc1cc(N2CC3CCCC(=O)NC3C2)ncn1. The van der Waals surface area contributed by atoms with Gasteiger partial charge >= 0.3 is 0 Å². The molecule has 114 valence electrons. The average molecular weight is 289 g/mol. The van der Waals surface area contributed by atoms with Gasteiger partial charge in [0.25, 0.3) is 0 Å². The molecular formula is C15H23N5O. The Bertz CT molecular complexity index is 507. The van der Waals surface area contributed by atoms with Crippen LogP contribution < -0.4 is 15.5 Å². The molecule has 0 aromatic carbocycles. The Morgan fingerprint density at radius 1 is 1.43 bits per heavy atom. The third kappa shape index (κ3) is 3.25. The maximum absolute atomic E-state index is 11.7. The van der Waals surface area contributed by atoms with Crippen molar-refractivity contribution in [3.63, 3.8) is 0 Å². The van der Waals surface area contributed by atoms with E-state index in [9.17, 15) is 4.79 Å². The van der Waals surface area contributed by atoms with Gasteiger partial charge in [0.1, 0.15) is 18.0 Å². The van der Waals surface area contributed by atoms with Gasteiger partial charge in [0.2, 0.25) is 5.91 Å². The number of nitrogens with one attached hydrogen (secondary N) is 2. The van der Waals surface area contributed by atoms with E-state index in [1.54, 1.807) is 6.33 Å². The van der Waals surface area contributed by atoms with Crippen molar-refractivity contribution in [3.05, 3.63) is 12.4 Å². The van der Waals surface area contributed by atoms with Gasteiger partial charge in [-0.25, -0.2) is 9.97 Å².